The second-order valence-corrected chi connectivity index (χ2v) is 8.36. The molecular formula is C18H32N4O2. The van der Waals surface area contributed by atoms with Crippen LogP contribution in [0.3, 0.4) is 0 Å². The van der Waals surface area contributed by atoms with Crippen LogP contribution in [0.15, 0.2) is 0 Å². The van der Waals surface area contributed by atoms with Crippen molar-refractivity contribution in [2.45, 2.75) is 70.0 Å². The Morgan fingerprint density at radius 2 is 2.08 bits per heavy atom. The molecule has 1 saturated carbocycles. The van der Waals surface area contributed by atoms with Crippen molar-refractivity contribution in [2.24, 2.45) is 11.8 Å². The van der Waals surface area contributed by atoms with Crippen molar-refractivity contribution in [3.8, 4) is 0 Å². The molecule has 6 nitrogen and oxygen atoms in total. The summed E-state index contributed by atoms with van der Waals surface area (Å²) in [6.07, 6.45) is 5.11. The van der Waals surface area contributed by atoms with Crippen LogP contribution in [0.5, 0.6) is 0 Å². The Kier molecular flexibility index (Phi) is 4.58. The van der Waals surface area contributed by atoms with Crippen molar-refractivity contribution >= 4 is 5.91 Å². The average molecular weight is 336 g/mol. The number of likely N-dealkylation sites (tertiary alicyclic amines) is 1. The van der Waals surface area contributed by atoms with Crippen molar-refractivity contribution in [1.82, 2.24) is 20.4 Å². The van der Waals surface area contributed by atoms with Crippen molar-refractivity contribution in [3.05, 3.63) is 0 Å². The maximum absolute atomic E-state index is 12.6. The van der Waals surface area contributed by atoms with Gasteiger partial charge in [0.15, 0.2) is 0 Å². The molecule has 0 aromatic carbocycles. The Morgan fingerprint density at radius 1 is 1.25 bits per heavy atom. The molecule has 0 aromatic rings. The highest BCUT2D eigenvalue weighted by atomic mass is 16.5. The van der Waals surface area contributed by atoms with E-state index in [1.165, 1.54) is 12.8 Å². The van der Waals surface area contributed by atoms with E-state index in [-0.39, 0.29) is 18.1 Å². The first-order valence-electron chi connectivity index (χ1n) is 9.66. The van der Waals surface area contributed by atoms with E-state index in [1.54, 1.807) is 0 Å². The van der Waals surface area contributed by atoms with Crippen LogP contribution in [0.2, 0.25) is 0 Å². The van der Waals surface area contributed by atoms with Gasteiger partial charge in [-0.3, -0.25) is 19.9 Å². The number of amides is 1. The summed E-state index contributed by atoms with van der Waals surface area (Å²) in [5.74, 6) is 1.00. The second kappa shape index (κ2) is 6.56. The van der Waals surface area contributed by atoms with Crippen molar-refractivity contribution in [2.75, 3.05) is 26.7 Å². The molecule has 3 saturated heterocycles. The summed E-state index contributed by atoms with van der Waals surface area (Å²) in [6.45, 7) is 7.40. The summed E-state index contributed by atoms with van der Waals surface area (Å²) in [6, 6.07) is 1.13. The van der Waals surface area contributed by atoms with Crippen LogP contribution in [0, 0.1) is 11.8 Å². The Balaban J connectivity index is 1.61. The summed E-state index contributed by atoms with van der Waals surface area (Å²) in [4.78, 5) is 17.8. The van der Waals surface area contributed by atoms with Crippen molar-refractivity contribution in [1.29, 1.82) is 0 Å². The lowest BCUT2D eigenvalue weighted by Gasteiger charge is -2.43. The average Bonchev–Trinajstić information content (AvgIpc) is 2.92. The molecule has 3 heterocycles. The lowest BCUT2D eigenvalue weighted by atomic mass is 9.75. The van der Waals surface area contributed by atoms with E-state index < -0.39 is 0 Å². The zero-order chi connectivity index (χ0) is 16.8. The van der Waals surface area contributed by atoms with E-state index in [0.29, 0.717) is 30.1 Å². The first-order chi connectivity index (χ1) is 11.6. The number of rotatable bonds is 2. The van der Waals surface area contributed by atoms with E-state index >= 15 is 0 Å². The molecule has 24 heavy (non-hydrogen) atoms. The van der Waals surface area contributed by atoms with Crippen molar-refractivity contribution in [3.63, 3.8) is 0 Å². The summed E-state index contributed by atoms with van der Waals surface area (Å²) in [5.41, 5.74) is 0. The number of ether oxygens (including phenoxy) is 1. The van der Waals surface area contributed by atoms with Crippen LogP contribution in [-0.4, -0.2) is 73.0 Å². The van der Waals surface area contributed by atoms with Crippen LogP contribution in [-0.2, 0) is 9.53 Å². The van der Waals surface area contributed by atoms with E-state index in [2.05, 4.69) is 34.3 Å². The summed E-state index contributed by atoms with van der Waals surface area (Å²) in [7, 11) is 1.82. The number of methoxy groups -OCH3 is 1. The molecule has 6 heteroatoms. The van der Waals surface area contributed by atoms with E-state index in [9.17, 15) is 4.79 Å². The minimum atomic E-state index is 0.129. The number of nitrogens with zero attached hydrogens (tertiary/aromatic N) is 2. The number of hydrogen-bond acceptors (Lipinski definition) is 5. The van der Waals surface area contributed by atoms with E-state index in [4.69, 9.17) is 4.74 Å². The minimum absolute atomic E-state index is 0.129. The van der Waals surface area contributed by atoms with Gasteiger partial charge in [-0.05, 0) is 38.5 Å². The Hall–Kier alpha value is -0.690. The smallest absolute Gasteiger partial charge is 0.224 e. The standard InChI is InChI=1S/C18H32N4O2/c1-11-7-14-16-15(8-11)20-18(21-6-4-5-13(10-21)24-3)22(16)12(2)9-19-17(14)23/h11-16,18,20H,4-10H2,1-3H3,(H,19,23)/t11?,12-,13-,14?,15?,16?,18?/m0/s1. The molecule has 1 aliphatic carbocycles. The van der Waals surface area contributed by atoms with E-state index in [0.717, 1.165) is 32.5 Å². The minimum Gasteiger partial charge on any atom is -0.380 e. The third kappa shape index (κ3) is 2.77. The molecule has 4 aliphatic rings. The molecule has 7 atom stereocenters. The van der Waals surface area contributed by atoms with Crippen LogP contribution in [0.4, 0.5) is 0 Å². The van der Waals surface area contributed by atoms with Gasteiger partial charge < -0.3 is 10.1 Å². The van der Waals surface area contributed by atoms with Gasteiger partial charge in [-0.2, -0.15) is 0 Å². The Labute approximate surface area is 145 Å². The molecule has 0 aromatic heterocycles. The molecule has 0 bridgehead atoms. The fraction of sp³-hybridized carbons (Fsp3) is 0.944. The van der Waals surface area contributed by atoms with Crippen LogP contribution in [0.25, 0.3) is 0 Å². The molecule has 136 valence electrons. The number of carbonyl (C=O) groups excluding carboxylic acids is 1. The fourth-order valence-electron chi connectivity index (χ4n) is 5.50. The van der Waals surface area contributed by atoms with E-state index in [1.807, 2.05) is 7.11 Å². The zero-order valence-electron chi connectivity index (χ0n) is 15.2. The number of nitrogens with one attached hydrogen (secondary N) is 2. The molecule has 2 N–H and O–H groups in total. The van der Waals surface area contributed by atoms with Gasteiger partial charge in [-0.1, -0.05) is 6.92 Å². The Bertz CT molecular complexity index is 488. The number of piperidine rings is 1. The molecule has 4 rings (SSSR count). The second-order valence-electron chi connectivity index (χ2n) is 8.36. The highest BCUT2D eigenvalue weighted by Gasteiger charge is 2.54. The highest BCUT2D eigenvalue weighted by molar-refractivity contribution is 5.80. The summed E-state index contributed by atoms with van der Waals surface area (Å²) < 4.78 is 5.63. The lowest BCUT2D eigenvalue weighted by molar-refractivity contribution is -0.127. The summed E-state index contributed by atoms with van der Waals surface area (Å²) in [5, 5.41) is 7.09. The first kappa shape index (κ1) is 16.8. The van der Waals surface area contributed by atoms with Gasteiger partial charge >= 0.3 is 0 Å². The van der Waals surface area contributed by atoms with Gasteiger partial charge in [-0.15, -0.1) is 0 Å². The van der Waals surface area contributed by atoms with Gasteiger partial charge in [0, 0.05) is 44.9 Å². The summed E-state index contributed by atoms with van der Waals surface area (Å²) >= 11 is 0. The fourth-order valence-corrected chi connectivity index (χ4v) is 5.50. The molecule has 0 spiro atoms. The maximum Gasteiger partial charge on any atom is 0.224 e. The Morgan fingerprint density at radius 3 is 2.88 bits per heavy atom. The maximum atomic E-state index is 12.6. The van der Waals surface area contributed by atoms with Gasteiger partial charge in [0.05, 0.1) is 12.0 Å². The van der Waals surface area contributed by atoms with Gasteiger partial charge in [0.1, 0.15) is 6.29 Å². The molecule has 5 unspecified atom stereocenters. The normalized spacial score (nSPS) is 47.1. The van der Waals surface area contributed by atoms with Crippen molar-refractivity contribution < 1.29 is 9.53 Å². The molecule has 0 radical (unpaired) electrons. The highest BCUT2D eigenvalue weighted by Crippen LogP contribution is 2.40. The first-order valence-corrected chi connectivity index (χ1v) is 9.66. The third-order valence-corrected chi connectivity index (χ3v) is 6.63. The van der Waals surface area contributed by atoms with Gasteiger partial charge in [-0.25, -0.2) is 0 Å². The predicted octanol–water partition coefficient (Wildman–Crippen LogP) is 0.588. The number of hydrogen-bond donors (Lipinski definition) is 2. The van der Waals surface area contributed by atoms with Crippen LogP contribution >= 0.6 is 0 Å². The quantitative estimate of drug-likeness (QED) is 0.773. The van der Waals surface area contributed by atoms with Crippen LogP contribution in [0.1, 0.15) is 39.5 Å². The van der Waals surface area contributed by atoms with Crippen LogP contribution < -0.4 is 10.6 Å². The molecular weight excluding hydrogens is 304 g/mol. The largest absolute Gasteiger partial charge is 0.380 e. The number of carbonyl (C=O) groups is 1. The predicted molar refractivity (Wildman–Crippen MR) is 92.3 cm³/mol. The molecule has 3 aliphatic heterocycles. The lowest BCUT2D eigenvalue weighted by Crippen LogP contribution is -2.59. The molecule has 1 amide bonds. The van der Waals surface area contributed by atoms with Gasteiger partial charge in [0.2, 0.25) is 5.91 Å². The third-order valence-electron chi connectivity index (χ3n) is 6.63. The molecule has 4 fully saturated rings. The monoisotopic (exact) mass is 336 g/mol. The SMILES string of the molecule is CO[C@H]1CCCN(C2NC3CC(C)CC4C(=O)NC[C@H](C)N2C34)C1. The zero-order valence-corrected chi connectivity index (χ0v) is 15.2. The topological polar surface area (TPSA) is 56.8 Å². The van der Waals surface area contributed by atoms with Gasteiger partial charge in [0.25, 0.3) is 0 Å².